The summed E-state index contributed by atoms with van der Waals surface area (Å²) in [5.41, 5.74) is 8.76. The van der Waals surface area contributed by atoms with Crippen molar-refractivity contribution in [3.05, 3.63) is 17.3 Å². The van der Waals surface area contributed by atoms with Gasteiger partial charge in [-0.15, -0.1) is 0 Å². The summed E-state index contributed by atoms with van der Waals surface area (Å²) in [5.74, 6) is 1.71. The van der Waals surface area contributed by atoms with Gasteiger partial charge < -0.3 is 16.0 Å². The Morgan fingerprint density at radius 1 is 1.33 bits per heavy atom. The SMILES string of the molecule is Cc1cc(C)c2c(N)nc(NCC3CCN(C)C3)nc2n1. The molecule has 1 unspecified atom stereocenters. The lowest BCUT2D eigenvalue weighted by atomic mass is 10.1. The van der Waals surface area contributed by atoms with Crippen LogP contribution in [0.3, 0.4) is 0 Å². The van der Waals surface area contributed by atoms with Gasteiger partial charge in [0.05, 0.1) is 5.39 Å². The second-order valence-electron chi connectivity index (χ2n) is 6.01. The molecule has 3 N–H and O–H groups in total. The van der Waals surface area contributed by atoms with Crippen LogP contribution in [0.4, 0.5) is 11.8 Å². The zero-order valence-electron chi connectivity index (χ0n) is 12.8. The number of aryl methyl sites for hydroxylation is 2. The average Bonchev–Trinajstić information content (AvgIpc) is 2.81. The molecule has 1 aliphatic heterocycles. The van der Waals surface area contributed by atoms with E-state index in [1.165, 1.54) is 6.42 Å². The van der Waals surface area contributed by atoms with Crippen LogP contribution in [0.25, 0.3) is 11.0 Å². The lowest BCUT2D eigenvalue weighted by Gasteiger charge is -2.13. The molecule has 0 radical (unpaired) electrons. The number of hydrogen-bond acceptors (Lipinski definition) is 6. The zero-order valence-corrected chi connectivity index (χ0v) is 12.8. The van der Waals surface area contributed by atoms with Crippen LogP contribution in [0, 0.1) is 19.8 Å². The van der Waals surface area contributed by atoms with Gasteiger partial charge >= 0.3 is 0 Å². The first-order valence-electron chi connectivity index (χ1n) is 7.37. The van der Waals surface area contributed by atoms with Crippen LogP contribution < -0.4 is 11.1 Å². The van der Waals surface area contributed by atoms with Gasteiger partial charge in [0.15, 0.2) is 5.65 Å². The van der Waals surface area contributed by atoms with E-state index in [0.29, 0.717) is 23.3 Å². The summed E-state index contributed by atoms with van der Waals surface area (Å²) in [7, 11) is 2.15. The molecule has 0 saturated carbocycles. The number of rotatable bonds is 3. The van der Waals surface area contributed by atoms with E-state index in [4.69, 9.17) is 5.73 Å². The Morgan fingerprint density at radius 3 is 2.86 bits per heavy atom. The number of aromatic nitrogens is 3. The smallest absolute Gasteiger partial charge is 0.226 e. The second-order valence-corrected chi connectivity index (χ2v) is 6.01. The molecule has 3 heterocycles. The van der Waals surface area contributed by atoms with E-state index in [9.17, 15) is 0 Å². The van der Waals surface area contributed by atoms with Crippen molar-refractivity contribution in [2.45, 2.75) is 20.3 Å². The Hall–Kier alpha value is -1.95. The van der Waals surface area contributed by atoms with Crippen LogP contribution in [-0.2, 0) is 0 Å². The van der Waals surface area contributed by atoms with Crippen molar-refractivity contribution in [3.63, 3.8) is 0 Å². The maximum Gasteiger partial charge on any atom is 0.226 e. The number of likely N-dealkylation sites (tertiary alicyclic amines) is 1. The molecule has 0 aliphatic carbocycles. The molecule has 112 valence electrons. The number of pyridine rings is 1. The Labute approximate surface area is 124 Å². The fraction of sp³-hybridized carbons (Fsp3) is 0.533. The third-order valence-corrected chi connectivity index (χ3v) is 4.06. The van der Waals surface area contributed by atoms with Crippen LogP contribution in [0.1, 0.15) is 17.7 Å². The number of nitrogen functional groups attached to an aromatic ring is 1. The van der Waals surface area contributed by atoms with Gasteiger partial charge in [-0.05, 0) is 51.4 Å². The minimum Gasteiger partial charge on any atom is -0.383 e. The van der Waals surface area contributed by atoms with E-state index in [2.05, 4.69) is 32.2 Å². The summed E-state index contributed by atoms with van der Waals surface area (Å²) in [5, 5.41) is 4.16. The van der Waals surface area contributed by atoms with Gasteiger partial charge in [-0.2, -0.15) is 9.97 Å². The highest BCUT2D eigenvalue weighted by Gasteiger charge is 2.19. The van der Waals surface area contributed by atoms with E-state index in [1.54, 1.807) is 0 Å². The van der Waals surface area contributed by atoms with Gasteiger partial charge in [0.2, 0.25) is 5.95 Å². The van der Waals surface area contributed by atoms with E-state index in [0.717, 1.165) is 36.3 Å². The summed E-state index contributed by atoms with van der Waals surface area (Å²) in [4.78, 5) is 15.7. The van der Waals surface area contributed by atoms with Crippen molar-refractivity contribution in [1.82, 2.24) is 19.9 Å². The largest absolute Gasteiger partial charge is 0.383 e. The van der Waals surface area contributed by atoms with Crippen molar-refractivity contribution >= 4 is 22.8 Å². The molecule has 0 amide bonds. The standard InChI is InChI=1S/C15H22N6/c1-9-6-10(2)18-14-12(9)13(16)19-15(20-14)17-7-11-4-5-21(3)8-11/h6,11H,4-5,7-8H2,1-3H3,(H3,16,17,18,19,20). The molecule has 2 aromatic rings. The zero-order chi connectivity index (χ0) is 15.0. The minimum absolute atomic E-state index is 0.496. The van der Waals surface area contributed by atoms with Crippen molar-refractivity contribution in [2.75, 3.05) is 37.7 Å². The number of nitrogens with one attached hydrogen (secondary N) is 1. The molecular weight excluding hydrogens is 264 g/mol. The predicted octanol–water partition coefficient (Wildman–Crippen LogP) is 1.59. The first-order chi connectivity index (χ1) is 10.0. The molecule has 6 nitrogen and oxygen atoms in total. The normalized spacial score (nSPS) is 19.3. The lowest BCUT2D eigenvalue weighted by Crippen LogP contribution is -2.20. The topological polar surface area (TPSA) is 80.0 Å². The van der Waals surface area contributed by atoms with Crippen LogP contribution in [0.2, 0.25) is 0 Å². The van der Waals surface area contributed by atoms with E-state index < -0.39 is 0 Å². The minimum atomic E-state index is 0.496. The number of nitrogens with two attached hydrogens (primary N) is 1. The Balaban J connectivity index is 1.83. The fourth-order valence-electron chi connectivity index (χ4n) is 3.02. The molecule has 3 rings (SSSR count). The van der Waals surface area contributed by atoms with Gasteiger partial charge in [0, 0.05) is 18.8 Å². The molecule has 0 spiro atoms. The van der Waals surface area contributed by atoms with Gasteiger partial charge in [0.1, 0.15) is 5.82 Å². The Kier molecular flexibility index (Phi) is 3.63. The van der Waals surface area contributed by atoms with Gasteiger partial charge in [-0.3, -0.25) is 0 Å². The van der Waals surface area contributed by atoms with E-state index >= 15 is 0 Å². The lowest BCUT2D eigenvalue weighted by molar-refractivity contribution is 0.399. The van der Waals surface area contributed by atoms with Gasteiger partial charge in [0.25, 0.3) is 0 Å². The van der Waals surface area contributed by atoms with Gasteiger partial charge in [-0.25, -0.2) is 4.98 Å². The first kappa shape index (κ1) is 14.0. The van der Waals surface area contributed by atoms with Crippen molar-refractivity contribution < 1.29 is 0 Å². The number of nitrogens with zero attached hydrogens (tertiary/aromatic N) is 4. The summed E-state index contributed by atoms with van der Waals surface area (Å²) < 4.78 is 0. The number of fused-ring (bicyclic) bond motifs is 1. The summed E-state index contributed by atoms with van der Waals surface area (Å²) >= 11 is 0. The summed E-state index contributed by atoms with van der Waals surface area (Å²) in [6.45, 7) is 7.13. The number of anilines is 2. The predicted molar refractivity (Wildman–Crippen MR) is 85.3 cm³/mol. The Morgan fingerprint density at radius 2 is 2.14 bits per heavy atom. The molecule has 0 aromatic carbocycles. The summed E-state index contributed by atoms with van der Waals surface area (Å²) in [6.07, 6.45) is 1.21. The number of hydrogen-bond donors (Lipinski definition) is 2. The van der Waals surface area contributed by atoms with Crippen LogP contribution in [-0.4, -0.2) is 46.5 Å². The molecule has 1 saturated heterocycles. The van der Waals surface area contributed by atoms with Crippen molar-refractivity contribution in [2.24, 2.45) is 5.92 Å². The molecule has 0 bridgehead atoms. The highest BCUT2D eigenvalue weighted by Crippen LogP contribution is 2.23. The summed E-state index contributed by atoms with van der Waals surface area (Å²) in [6, 6.07) is 2.00. The van der Waals surface area contributed by atoms with Crippen LogP contribution in [0.5, 0.6) is 0 Å². The average molecular weight is 286 g/mol. The van der Waals surface area contributed by atoms with Gasteiger partial charge in [-0.1, -0.05) is 0 Å². The fourth-order valence-corrected chi connectivity index (χ4v) is 3.02. The highest BCUT2D eigenvalue weighted by molar-refractivity contribution is 5.89. The third-order valence-electron chi connectivity index (χ3n) is 4.06. The first-order valence-corrected chi connectivity index (χ1v) is 7.37. The molecule has 21 heavy (non-hydrogen) atoms. The molecule has 1 aliphatic rings. The highest BCUT2D eigenvalue weighted by atomic mass is 15.2. The maximum absolute atomic E-state index is 6.07. The van der Waals surface area contributed by atoms with Crippen molar-refractivity contribution in [3.8, 4) is 0 Å². The molecule has 1 atom stereocenters. The van der Waals surface area contributed by atoms with E-state index in [-0.39, 0.29) is 0 Å². The third kappa shape index (κ3) is 2.90. The monoisotopic (exact) mass is 286 g/mol. The Bertz CT molecular complexity index is 669. The van der Waals surface area contributed by atoms with Crippen LogP contribution >= 0.6 is 0 Å². The molecule has 2 aromatic heterocycles. The second kappa shape index (κ2) is 5.44. The molecule has 1 fully saturated rings. The van der Waals surface area contributed by atoms with Crippen LogP contribution in [0.15, 0.2) is 6.07 Å². The van der Waals surface area contributed by atoms with E-state index in [1.807, 2.05) is 19.9 Å². The maximum atomic E-state index is 6.07. The molecule has 6 heteroatoms. The molecular formula is C15H22N6. The quantitative estimate of drug-likeness (QED) is 0.892. The van der Waals surface area contributed by atoms with Crippen molar-refractivity contribution in [1.29, 1.82) is 0 Å².